The smallest absolute Gasteiger partial charge is 0.288 e. The predicted octanol–water partition coefficient (Wildman–Crippen LogP) is 2.23. The van der Waals surface area contributed by atoms with E-state index in [1.165, 1.54) is 4.68 Å². The number of aromatic amines is 1. The van der Waals surface area contributed by atoms with E-state index in [4.69, 9.17) is 0 Å². The predicted molar refractivity (Wildman–Crippen MR) is 69.6 cm³/mol. The zero-order chi connectivity index (χ0) is 12.4. The van der Waals surface area contributed by atoms with Gasteiger partial charge in [0.15, 0.2) is 5.82 Å². The molecule has 1 heterocycles. The molecule has 0 fully saturated rings. The summed E-state index contributed by atoms with van der Waals surface area (Å²) in [6.45, 7) is 0. The highest BCUT2D eigenvalue weighted by Crippen LogP contribution is 2.12. The molecule has 3 rings (SSSR count). The molecule has 0 aliphatic heterocycles. The Labute approximate surface area is 104 Å². The first-order valence-corrected chi connectivity index (χ1v) is 5.65. The van der Waals surface area contributed by atoms with E-state index in [9.17, 15) is 4.79 Å². The van der Waals surface area contributed by atoms with Crippen LogP contribution in [0.5, 0.6) is 0 Å². The van der Waals surface area contributed by atoms with Crippen molar-refractivity contribution in [1.82, 2.24) is 14.8 Å². The minimum atomic E-state index is -0.236. The van der Waals surface area contributed by atoms with Crippen LogP contribution in [-0.4, -0.2) is 14.8 Å². The van der Waals surface area contributed by atoms with Crippen LogP contribution in [0.4, 0.5) is 0 Å². The van der Waals surface area contributed by atoms with Crippen molar-refractivity contribution >= 4 is 0 Å². The third kappa shape index (κ3) is 1.84. The van der Waals surface area contributed by atoms with E-state index in [0.29, 0.717) is 5.82 Å². The standard InChI is InChI=1S/C14H11N3O/c18-14-15-13(11-7-3-1-4-8-11)16-17(14)12-9-5-2-6-10-12/h1-10H,(H,15,16,18). The number of nitrogens with one attached hydrogen (secondary N) is 1. The summed E-state index contributed by atoms with van der Waals surface area (Å²) in [5.41, 5.74) is 1.41. The first-order valence-electron chi connectivity index (χ1n) is 5.65. The van der Waals surface area contributed by atoms with Crippen LogP contribution in [0.2, 0.25) is 0 Å². The summed E-state index contributed by atoms with van der Waals surface area (Å²) in [5, 5.41) is 4.30. The molecule has 4 nitrogen and oxygen atoms in total. The van der Waals surface area contributed by atoms with Crippen molar-refractivity contribution in [2.75, 3.05) is 0 Å². The SMILES string of the molecule is O=c1[nH]c(-c2ccccc2)nn1-c1ccccc1. The molecular formula is C14H11N3O. The molecule has 0 atom stereocenters. The average molecular weight is 237 g/mol. The number of benzene rings is 2. The second-order valence-electron chi connectivity index (χ2n) is 3.89. The molecule has 0 saturated heterocycles. The highest BCUT2D eigenvalue weighted by atomic mass is 16.1. The summed E-state index contributed by atoms with van der Waals surface area (Å²) in [5.74, 6) is 0.574. The van der Waals surface area contributed by atoms with Gasteiger partial charge in [0, 0.05) is 5.56 Å². The number of aromatic nitrogens is 3. The fourth-order valence-corrected chi connectivity index (χ4v) is 1.79. The maximum absolute atomic E-state index is 11.9. The van der Waals surface area contributed by atoms with Gasteiger partial charge >= 0.3 is 5.69 Å². The first kappa shape index (κ1) is 10.5. The minimum Gasteiger partial charge on any atom is -0.288 e. The number of H-pyrrole nitrogens is 1. The second-order valence-corrected chi connectivity index (χ2v) is 3.89. The molecule has 0 amide bonds. The summed E-state index contributed by atoms with van der Waals surface area (Å²) in [6, 6.07) is 18.9. The van der Waals surface area contributed by atoms with Gasteiger partial charge in [-0.25, -0.2) is 4.79 Å². The number of para-hydroxylation sites is 1. The molecule has 0 unspecified atom stereocenters. The van der Waals surface area contributed by atoms with Crippen molar-refractivity contribution in [2.24, 2.45) is 0 Å². The lowest BCUT2D eigenvalue weighted by atomic mass is 10.2. The molecule has 3 aromatic rings. The highest BCUT2D eigenvalue weighted by Gasteiger charge is 2.07. The van der Waals surface area contributed by atoms with Gasteiger partial charge in [0.2, 0.25) is 0 Å². The molecule has 2 aromatic carbocycles. The topological polar surface area (TPSA) is 50.7 Å². The van der Waals surface area contributed by atoms with Crippen LogP contribution in [0.1, 0.15) is 0 Å². The van der Waals surface area contributed by atoms with Crippen molar-refractivity contribution in [3.05, 3.63) is 71.1 Å². The quantitative estimate of drug-likeness (QED) is 0.743. The Morgan fingerprint density at radius 1 is 0.889 bits per heavy atom. The van der Waals surface area contributed by atoms with Crippen LogP contribution < -0.4 is 5.69 Å². The largest absolute Gasteiger partial charge is 0.348 e. The van der Waals surface area contributed by atoms with Crippen molar-refractivity contribution in [1.29, 1.82) is 0 Å². The number of hydrogen-bond donors (Lipinski definition) is 1. The molecule has 1 aromatic heterocycles. The van der Waals surface area contributed by atoms with Crippen molar-refractivity contribution in [2.45, 2.75) is 0 Å². The van der Waals surface area contributed by atoms with Crippen LogP contribution in [0.25, 0.3) is 17.1 Å². The van der Waals surface area contributed by atoms with Gasteiger partial charge in [-0.15, -0.1) is 5.10 Å². The third-order valence-corrected chi connectivity index (χ3v) is 2.67. The molecule has 88 valence electrons. The van der Waals surface area contributed by atoms with Gasteiger partial charge in [-0.1, -0.05) is 48.5 Å². The Morgan fingerprint density at radius 3 is 2.17 bits per heavy atom. The Bertz CT molecular complexity index is 699. The van der Waals surface area contributed by atoms with Gasteiger partial charge in [-0.2, -0.15) is 4.68 Å². The maximum atomic E-state index is 11.9. The molecule has 0 saturated carbocycles. The number of nitrogens with zero attached hydrogens (tertiary/aromatic N) is 2. The van der Waals surface area contributed by atoms with Crippen LogP contribution in [0.3, 0.4) is 0 Å². The lowest BCUT2D eigenvalue weighted by molar-refractivity contribution is 0.845. The average Bonchev–Trinajstić information content (AvgIpc) is 2.83. The summed E-state index contributed by atoms with van der Waals surface area (Å²) in [7, 11) is 0. The minimum absolute atomic E-state index is 0.236. The normalized spacial score (nSPS) is 10.4. The summed E-state index contributed by atoms with van der Waals surface area (Å²) >= 11 is 0. The van der Waals surface area contributed by atoms with Crippen molar-refractivity contribution < 1.29 is 0 Å². The summed E-state index contributed by atoms with van der Waals surface area (Å²) < 4.78 is 1.36. The summed E-state index contributed by atoms with van der Waals surface area (Å²) in [4.78, 5) is 14.6. The van der Waals surface area contributed by atoms with E-state index in [0.717, 1.165) is 11.3 Å². The second kappa shape index (κ2) is 4.33. The van der Waals surface area contributed by atoms with Crippen molar-refractivity contribution in [3.63, 3.8) is 0 Å². The van der Waals surface area contributed by atoms with Crippen LogP contribution in [0.15, 0.2) is 65.5 Å². The van der Waals surface area contributed by atoms with Gasteiger partial charge in [-0.05, 0) is 12.1 Å². The van der Waals surface area contributed by atoms with E-state index in [2.05, 4.69) is 10.1 Å². The van der Waals surface area contributed by atoms with Gasteiger partial charge in [0.25, 0.3) is 0 Å². The van der Waals surface area contributed by atoms with Gasteiger partial charge < -0.3 is 0 Å². The molecule has 0 aliphatic carbocycles. The van der Waals surface area contributed by atoms with Gasteiger partial charge in [0.1, 0.15) is 0 Å². The lowest BCUT2D eigenvalue weighted by Gasteiger charge is -1.97. The molecule has 0 aliphatic rings. The Morgan fingerprint density at radius 2 is 1.50 bits per heavy atom. The zero-order valence-corrected chi connectivity index (χ0v) is 9.58. The third-order valence-electron chi connectivity index (χ3n) is 2.67. The summed E-state index contributed by atoms with van der Waals surface area (Å²) in [6.07, 6.45) is 0. The fourth-order valence-electron chi connectivity index (χ4n) is 1.79. The molecular weight excluding hydrogens is 226 g/mol. The molecule has 0 radical (unpaired) electrons. The maximum Gasteiger partial charge on any atom is 0.348 e. The Balaban J connectivity index is 2.10. The fraction of sp³-hybridized carbons (Fsp3) is 0. The molecule has 4 heteroatoms. The monoisotopic (exact) mass is 237 g/mol. The molecule has 0 spiro atoms. The Kier molecular flexibility index (Phi) is 2.53. The van der Waals surface area contributed by atoms with E-state index in [-0.39, 0.29) is 5.69 Å². The molecule has 0 bridgehead atoms. The van der Waals surface area contributed by atoms with E-state index >= 15 is 0 Å². The Hall–Kier alpha value is -2.62. The van der Waals surface area contributed by atoms with Crippen LogP contribution >= 0.6 is 0 Å². The van der Waals surface area contributed by atoms with E-state index in [1.54, 1.807) is 0 Å². The number of rotatable bonds is 2. The first-order chi connectivity index (χ1) is 8.84. The molecule has 18 heavy (non-hydrogen) atoms. The number of hydrogen-bond acceptors (Lipinski definition) is 2. The van der Waals surface area contributed by atoms with Crippen molar-refractivity contribution in [3.8, 4) is 17.1 Å². The van der Waals surface area contributed by atoms with Crippen LogP contribution in [-0.2, 0) is 0 Å². The van der Waals surface area contributed by atoms with E-state index in [1.807, 2.05) is 60.7 Å². The lowest BCUT2D eigenvalue weighted by Crippen LogP contribution is -2.15. The van der Waals surface area contributed by atoms with Crippen LogP contribution in [0, 0.1) is 0 Å². The highest BCUT2D eigenvalue weighted by molar-refractivity contribution is 5.54. The zero-order valence-electron chi connectivity index (χ0n) is 9.58. The van der Waals surface area contributed by atoms with Gasteiger partial charge in [0.05, 0.1) is 5.69 Å². The van der Waals surface area contributed by atoms with E-state index < -0.39 is 0 Å². The van der Waals surface area contributed by atoms with Gasteiger partial charge in [-0.3, -0.25) is 4.98 Å². The molecule has 1 N–H and O–H groups in total.